The normalized spacial score (nSPS) is 19.2. The van der Waals surface area contributed by atoms with Crippen molar-refractivity contribution in [2.45, 2.75) is 18.1 Å². The third kappa shape index (κ3) is 4.64. The highest BCUT2D eigenvalue weighted by atomic mass is 32.2. The van der Waals surface area contributed by atoms with Crippen LogP contribution in [0.15, 0.2) is 48.8 Å². The van der Waals surface area contributed by atoms with E-state index in [1.54, 1.807) is 30.6 Å². The van der Waals surface area contributed by atoms with Gasteiger partial charge in [-0.3, -0.25) is 4.98 Å². The largest absolute Gasteiger partial charge is 0.457 e. The predicted molar refractivity (Wildman–Crippen MR) is 97.8 cm³/mol. The van der Waals surface area contributed by atoms with E-state index in [0.717, 1.165) is 11.8 Å². The van der Waals surface area contributed by atoms with Gasteiger partial charge >= 0.3 is 6.03 Å². The number of hydrogen-bond donors (Lipinski definition) is 2. The number of nitrogens with one attached hydrogen (secondary N) is 2. The lowest BCUT2D eigenvalue weighted by atomic mass is 9.85. The van der Waals surface area contributed by atoms with E-state index < -0.39 is 0 Å². The summed E-state index contributed by atoms with van der Waals surface area (Å²) in [6.07, 6.45) is 7.87. The van der Waals surface area contributed by atoms with E-state index in [0.29, 0.717) is 23.1 Å². The van der Waals surface area contributed by atoms with E-state index in [2.05, 4.69) is 21.9 Å². The molecule has 1 aromatic carbocycles. The summed E-state index contributed by atoms with van der Waals surface area (Å²) < 4.78 is 5.74. The van der Waals surface area contributed by atoms with E-state index in [1.807, 2.05) is 30.0 Å². The van der Waals surface area contributed by atoms with Crippen molar-refractivity contribution in [2.75, 3.05) is 18.1 Å². The average molecular weight is 343 g/mol. The molecule has 1 saturated carbocycles. The smallest absolute Gasteiger partial charge is 0.319 e. The van der Waals surface area contributed by atoms with Crippen LogP contribution in [-0.4, -0.2) is 29.1 Å². The number of carbonyl (C=O) groups is 1. The van der Waals surface area contributed by atoms with Gasteiger partial charge in [0.1, 0.15) is 11.5 Å². The third-order valence-electron chi connectivity index (χ3n) is 4.05. The molecule has 0 atom stereocenters. The monoisotopic (exact) mass is 343 g/mol. The van der Waals surface area contributed by atoms with E-state index in [1.165, 1.54) is 12.8 Å². The summed E-state index contributed by atoms with van der Waals surface area (Å²) >= 11 is 1.91. The van der Waals surface area contributed by atoms with Gasteiger partial charge in [0.15, 0.2) is 0 Å². The first kappa shape index (κ1) is 16.6. The summed E-state index contributed by atoms with van der Waals surface area (Å²) in [5, 5.41) is 6.55. The zero-order chi connectivity index (χ0) is 16.8. The van der Waals surface area contributed by atoms with E-state index >= 15 is 0 Å². The molecule has 126 valence electrons. The summed E-state index contributed by atoms with van der Waals surface area (Å²) in [7, 11) is 0. The van der Waals surface area contributed by atoms with Gasteiger partial charge in [0, 0.05) is 35.9 Å². The lowest BCUT2D eigenvalue weighted by Crippen LogP contribution is -2.39. The molecule has 0 saturated heterocycles. The van der Waals surface area contributed by atoms with Gasteiger partial charge in [-0.1, -0.05) is 6.07 Å². The Morgan fingerprint density at radius 1 is 1.25 bits per heavy atom. The lowest BCUT2D eigenvalue weighted by Gasteiger charge is -2.34. The van der Waals surface area contributed by atoms with Crippen molar-refractivity contribution in [3.63, 3.8) is 0 Å². The summed E-state index contributed by atoms with van der Waals surface area (Å²) in [5.41, 5.74) is 0.703. The fourth-order valence-electron chi connectivity index (χ4n) is 2.63. The summed E-state index contributed by atoms with van der Waals surface area (Å²) in [6, 6.07) is 10.7. The number of anilines is 1. The van der Waals surface area contributed by atoms with Gasteiger partial charge in [0.2, 0.25) is 0 Å². The molecule has 0 bridgehead atoms. The number of ether oxygens (including phenoxy) is 1. The quantitative estimate of drug-likeness (QED) is 0.827. The minimum atomic E-state index is -0.177. The molecular formula is C18H21N3O2S. The first-order valence-electron chi connectivity index (χ1n) is 7.98. The van der Waals surface area contributed by atoms with Crippen LogP contribution >= 0.6 is 11.8 Å². The molecule has 1 heterocycles. The maximum absolute atomic E-state index is 12.0. The van der Waals surface area contributed by atoms with Crippen LogP contribution in [0.1, 0.15) is 12.8 Å². The highest BCUT2D eigenvalue weighted by Crippen LogP contribution is 2.34. The Bertz CT molecular complexity index is 675. The van der Waals surface area contributed by atoms with Crippen LogP contribution in [0.5, 0.6) is 11.5 Å². The number of pyridine rings is 1. The number of thioether (sulfide) groups is 1. The lowest BCUT2D eigenvalue weighted by molar-refractivity contribution is 0.244. The second-order valence-electron chi connectivity index (χ2n) is 5.84. The standard InChI is InChI=1S/C18H21N3O2S/c1-24-17-9-13(10-17)12-20-18(22)21-14-3-2-4-16(11-14)23-15-5-7-19-8-6-15/h2-8,11,13,17H,9-10,12H2,1H3,(H2,20,21,22). The fourth-order valence-corrected chi connectivity index (χ4v) is 3.55. The zero-order valence-electron chi connectivity index (χ0n) is 13.6. The highest BCUT2D eigenvalue weighted by Gasteiger charge is 2.28. The number of hydrogen-bond acceptors (Lipinski definition) is 4. The Morgan fingerprint density at radius 2 is 2.04 bits per heavy atom. The third-order valence-corrected chi connectivity index (χ3v) is 5.11. The van der Waals surface area contributed by atoms with Crippen LogP contribution in [0, 0.1) is 5.92 Å². The van der Waals surface area contributed by atoms with Crippen LogP contribution in [0.4, 0.5) is 10.5 Å². The van der Waals surface area contributed by atoms with E-state index in [-0.39, 0.29) is 6.03 Å². The Morgan fingerprint density at radius 3 is 2.79 bits per heavy atom. The molecule has 6 heteroatoms. The van der Waals surface area contributed by atoms with Crippen molar-refractivity contribution in [1.29, 1.82) is 0 Å². The second-order valence-corrected chi connectivity index (χ2v) is 6.98. The van der Waals surface area contributed by atoms with E-state index in [4.69, 9.17) is 4.74 Å². The van der Waals surface area contributed by atoms with Crippen LogP contribution in [0.25, 0.3) is 0 Å². The maximum atomic E-state index is 12.0. The second kappa shape index (κ2) is 8.06. The maximum Gasteiger partial charge on any atom is 0.319 e. The molecule has 2 N–H and O–H groups in total. The van der Waals surface area contributed by atoms with Crippen molar-refractivity contribution in [3.05, 3.63) is 48.8 Å². The number of urea groups is 1. The van der Waals surface area contributed by atoms with Gasteiger partial charge in [-0.2, -0.15) is 11.8 Å². The molecule has 0 aliphatic heterocycles. The minimum Gasteiger partial charge on any atom is -0.457 e. The number of rotatable bonds is 6. The highest BCUT2D eigenvalue weighted by molar-refractivity contribution is 7.99. The van der Waals surface area contributed by atoms with E-state index in [9.17, 15) is 4.79 Å². The molecular weight excluding hydrogens is 322 g/mol. The molecule has 3 rings (SSSR count). The number of aromatic nitrogens is 1. The Balaban J connectivity index is 1.48. The van der Waals surface area contributed by atoms with Crippen LogP contribution in [-0.2, 0) is 0 Å². The molecule has 0 spiro atoms. The zero-order valence-corrected chi connectivity index (χ0v) is 14.4. The topological polar surface area (TPSA) is 63.2 Å². The molecule has 0 radical (unpaired) electrons. The fraction of sp³-hybridized carbons (Fsp3) is 0.333. The first-order chi connectivity index (χ1) is 11.7. The Labute approximate surface area is 146 Å². The predicted octanol–water partition coefficient (Wildman–Crippen LogP) is 4.14. The summed E-state index contributed by atoms with van der Waals surface area (Å²) in [6.45, 7) is 0.732. The molecule has 1 fully saturated rings. The Kier molecular flexibility index (Phi) is 5.59. The van der Waals surface area contributed by atoms with Crippen molar-refractivity contribution < 1.29 is 9.53 Å². The number of carbonyl (C=O) groups excluding carboxylic acids is 1. The summed E-state index contributed by atoms with van der Waals surface area (Å²) in [4.78, 5) is 16.0. The molecule has 24 heavy (non-hydrogen) atoms. The first-order valence-corrected chi connectivity index (χ1v) is 9.27. The van der Waals surface area contributed by atoms with Crippen LogP contribution < -0.4 is 15.4 Å². The van der Waals surface area contributed by atoms with Gasteiger partial charge in [-0.15, -0.1) is 0 Å². The molecule has 2 aromatic rings. The van der Waals surface area contributed by atoms with Crippen molar-refractivity contribution in [2.24, 2.45) is 5.92 Å². The van der Waals surface area contributed by atoms with Gasteiger partial charge in [0.05, 0.1) is 0 Å². The molecule has 5 nitrogen and oxygen atoms in total. The van der Waals surface area contributed by atoms with Crippen LogP contribution in [0.3, 0.4) is 0 Å². The van der Waals surface area contributed by atoms with Gasteiger partial charge < -0.3 is 15.4 Å². The number of amides is 2. The molecule has 1 aliphatic carbocycles. The minimum absolute atomic E-state index is 0.177. The van der Waals surface area contributed by atoms with Gasteiger partial charge in [-0.05, 0) is 49.3 Å². The van der Waals surface area contributed by atoms with Crippen molar-refractivity contribution >= 4 is 23.5 Å². The van der Waals surface area contributed by atoms with Crippen LogP contribution in [0.2, 0.25) is 0 Å². The van der Waals surface area contributed by atoms with Gasteiger partial charge in [0.25, 0.3) is 0 Å². The number of benzene rings is 1. The molecule has 1 aliphatic rings. The number of nitrogens with zero attached hydrogens (tertiary/aromatic N) is 1. The van der Waals surface area contributed by atoms with Crippen molar-refractivity contribution in [1.82, 2.24) is 10.3 Å². The summed E-state index contributed by atoms with van der Waals surface area (Å²) in [5.74, 6) is 1.98. The molecule has 2 amide bonds. The van der Waals surface area contributed by atoms with Crippen molar-refractivity contribution in [3.8, 4) is 11.5 Å². The SMILES string of the molecule is CSC1CC(CNC(=O)Nc2cccc(Oc3ccncc3)c2)C1. The van der Waals surface area contributed by atoms with Gasteiger partial charge in [-0.25, -0.2) is 4.79 Å². The Hall–Kier alpha value is -2.21. The average Bonchev–Trinajstić information content (AvgIpc) is 2.55. The molecule has 1 aromatic heterocycles. The molecule has 0 unspecified atom stereocenters.